The van der Waals surface area contributed by atoms with Crippen LogP contribution in [-0.4, -0.2) is 50.4 Å². The Labute approximate surface area is 96.8 Å². The molecule has 0 atom stereocenters. The van der Waals surface area contributed by atoms with Gasteiger partial charge in [-0.2, -0.15) is 5.21 Å². The first-order valence-corrected chi connectivity index (χ1v) is 5.28. The molecule has 2 heterocycles. The number of piperidine rings is 1. The van der Waals surface area contributed by atoms with Crippen molar-refractivity contribution in [2.24, 2.45) is 5.92 Å². The zero-order valence-electron chi connectivity index (χ0n) is 9.09. The molecule has 8 heteroatoms. The molecule has 0 radical (unpaired) electrons. The number of hydrogen-bond acceptors (Lipinski definition) is 5. The lowest BCUT2D eigenvalue weighted by atomic mass is 9.97. The van der Waals surface area contributed by atoms with Gasteiger partial charge in [0, 0.05) is 13.1 Å². The number of carboxylic acids is 1. The van der Waals surface area contributed by atoms with Gasteiger partial charge in [0.25, 0.3) is 5.91 Å². The van der Waals surface area contributed by atoms with Gasteiger partial charge in [0.2, 0.25) is 0 Å². The Hall–Kier alpha value is -2.12. The van der Waals surface area contributed by atoms with E-state index in [2.05, 4.69) is 15.4 Å². The van der Waals surface area contributed by atoms with Crippen molar-refractivity contribution in [1.82, 2.24) is 20.3 Å². The van der Waals surface area contributed by atoms with E-state index in [9.17, 15) is 9.59 Å². The van der Waals surface area contributed by atoms with Crippen LogP contribution in [0.25, 0.3) is 0 Å². The van der Waals surface area contributed by atoms with E-state index in [0.29, 0.717) is 25.9 Å². The molecule has 0 aromatic carbocycles. The summed E-state index contributed by atoms with van der Waals surface area (Å²) in [4.78, 5) is 24.2. The Morgan fingerprint density at radius 2 is 2.00 bits per heavy atom. The maximum Gasteiger partial charge on any atom is 0.306 e. The molecule has 1 aliphatic heterocycles. The Kier molecular flexibility index (Phi) is 2.94. The van der Waals surface area contributed by atoms with Crippen LogP contribution in [-0.2, 0) is 4.79 Å². The molecule has 1 fully saturated rings. The number of carboxylic acid groups (broad SMARTS) is 1. The third-order valence-electron chi connectivity index (χ3n) is 2.91. The standard InChI is InChI=1S/C9H13N5O3/c10-7-6(11-13-12-7)8(15)14-3-1-5(2-4-14)9(16)17/h5H,1-4H2,(H,16,17)(H3,10,11,12,13). The summed E-state index contributed by atoms with van der Waals surface area (Å²) in [6.45, 7) is 0.810. The van der Waals surface area contributed by atoms with Crippen molar-refractivity contribution in [3.05, 3.63) is 5.69 Å². The number of aromatic nitrogens is 3. The largest absolute Gasteiger partial charge is 0.481 e. The first kappa shape index (κ1) is 11.4. The first-order chi connectivity index (χ1) is 8.09. The minimum atomic E-state index is -0.807. The predicted octanol–water partition coefficient (Wildman–Crippen LogP) is -0.676. The number of anilines is 1. The van der Waals surface area contributed by atoms with Crippen LogP contribution in [0.5, 0.6) is 0 Å². The predicted molar refractivity (Wildman–Crippen MR) is 57.1 cm³/mol. The molecule has 0 aliphatic carbocycles. The second-order valence-corrected chi connectivity index (χ2v) is 3.96. The van der Waals surface area contributed by atoms with Crippen LogP contribution in [0.15, 0.2) is 0 Å². The van der Waals surface area contributed by atoms with Crippen molar-refractivity contribution >= 4 is 17.7 Å². The highest BCUT2D eigenvalue weighted by molar-refractivity contribution is 5.96. The second-order valence-electron chi connectivity index (χ2n) is 3.96. The molecule has 1 aromatic rings. The summed E-state index contributed by atoms with van der Waals surface area (Å²) in [5, 5.41) is 18.4. The number of nitrogens with zero attached hydrogens (tertiary/aromatic N) is 3. The molecule has 1 amide bonds. The van der Waals surface area contributed by atoms with Crippen LogP contribution in [0.4, 0.5) is 5.82 Å². The molecular formula is C9H13N5O3. The molecule has 8 nitrogen and oxygen atoms in total. The fraction of sp³-hybridized carbons (Fsp3) is 0.556. The van der Waals surface area contributed by atoms with Crippen molar-refractivity contribution in [3.8, 4) is 0 Å². The number of carbonyl (C=O) groups excluding carboxylic acids is 1. The van der Waals surface area contributed by atoms with Gasteiger partial charge < -0.3 is 15.7 Å². The van der Waals surface area contributed by atoms with Crippen LogP contribution in [0.1, 0.15) is 23.3 Å². The number of nitrogens with two attached hydrogens (primary N) is 1. The average molecular weight is 239 g/mol. The van der Waals surface area contributed by atoms with E-state index in [-0.39, 0.29) is 23.3 Å². The molecule has 1 aliphatic rings. The lowest BCUT2D eigenvalue weighted by Crippen LogP contribution is -2.40. The summed E-state index contributed by atoms with van der Waals surface area (Å²) >= 11 is 0. The summed E-state index contributed by atoms with van der Waals surface area (Å²) in [6.07, 6.45) is 0.914. The molecule has 1 saturated heterocycles. The summed E-state index contributed by atoms with van der Waals surface area (Å²) in [7, 11) is 0. The summed E-state index contributed by atoms with van der Waals surface area (Å²) in [5.74, 6) is -1.41. The van der Waals surface area contributed by atoms with Crippen molar-refractivity contribution < 1.29 is 14.7 Å². The minimum Gasteiger partial charge on any atom is -0.481 e. The van der Waals surface area contributed by atoms with E-state index in [1.54, 1.807) is 4.90 Å². The highest BCUT2D eigenvalue weighted by Gasteiger charge is 2.29. The van der Waals surface area contributed by atoms with Gasteiger partial charge in [-0.15, -0.1) is 10.2 Å². The highest BCUT2D eigenvalue weighted by atomic mass is 16.4. The number of likely N-dealkylation sites (tertiary alicyclic amines) is 1. The van der Waals surface area contributed by atoms with E-state index in [1.165, 1.54) is 0 Å². The van der Waals surface area contributed by atoms with Gasteiger partial charge in [-0.05, 0) is 12.8 Å². The van der Waals surface area contributed by atoms with Crippen molar-refractivity contribution in [3.63, 3.8) is 0 Å². The molecule has 17 heavy (non-hydrogen) atoms. The number of aliphatic carboxylic acids is 1. The van der Waals surface area contributed by atoms with Crippen LogP contribution in [0, 0.1) is 5.92 Å². The number of rotatable bonds is 2. The summed E-state index contributed by atoms with van der Waals surface area (Å²) < 4.78 is 0. The molecular weight excluding hydrogens is 226 g/mol. The van der Waals surface area contributed by atoms with E-state index < -0.39 is 5.97 Å². The highest BCUT2D eigenvalue weighted by Crippen LogP contribution is 2.19. The van der Waals surface area contributed by atoms with E-state index in [1.807, 2.05) is 0 Å². The van der Waals surface area contributed by atoms with E-state index in [4.69, 9.17) is 10.8 Å². The lowest BCUT2D eigenvalue weighted by molar-refractivity contribution is -0.143. The normalized spacial score (nSPS) is 17.1. The Morgan fingerprint density at radius 1 is 1.35 bits per heavy atom. The third-order valence-corrected chi connectivity index (χ3v) is 2.91. The quantitative estimate of drug-likeness (QED) is 0.628. The maximum absolute atomic E-state index is 11.9. The van der Waals surface area contributed by atoms with Crippen molar-refractivity contribution in [1.29, 1.82) is 0 Å². The number of nitrogen functional groups attached to an aromatic ring is 1. The third kappa shape index (κ3) is 2.19. The molecule has 0 spiro atoms. The zero-order valence-corrected chi connectivity index (χ0v) is 9.09. The number of hydrogen-bond donors (Lipinski definition) is 3. The van der Waals surface area contributed by atoms with Gasteiger partial charge in [0.1, 0.15) is 0 Å². The molecule has 92 valence electrons. The van der Waals surface area contributed by atoms with Gasteiger partial charge in [0.15, 0.2) is 11.5 Å². The van der Waals surface area contributed by atoms with Crippen LogP contribution in [0.2, 0.25) is 0 Å². The molecule has 0 bridgehead atoms. The van der Waals surface area contributed by atoms with Gasteiger partial charge in [-0.1, -0.05) is 0 Å². The van der Waals surface area contributed by atoms with Gasteiger partial charge >= 0.3 is 5.97 Å². The minimum absolute atomic E-state index is 0.0651. The lowest BCUT2D eigenvalue weighted by Gasteiger charge is -2.29. The molecule has 2 rings (SSSR count). The molecule has 0 saturated carbocycles. The van der Waals surface area contributed by atoms with Crippen LogP contribution in [0.3, 0.4) is 0 Å². The smallest absolute Gasteiger partial charge is 0.306 e. The van der Waals surface area contributed by atoms with Gasteiger partial charge in [-0.25, -0.2) is 0 Å². The molecule has 0 unspecified atom stereocenters. The van der Waals surface area contributed by atoms with Crippen LogP contribution >= 0.6 is 0 Å². The maximum atomic E-state index is 11.9. The Balaban J connectivity index is 2.00. The number of nitrogens with one attached hydrogen (secondary N) is 1. The van der Waals surface area contributed by atoms with Gasteiger partial charge in [-0.3, -0.25) is 9.59 Å². The van der Waals surface area contributed by atoms with Crippen molar-refractivity contribution in [2.45, 2.75) is 12.8 Å². The monoisotopic (exact) mass is 239 g/mol. The first-order valence-electron chi connectivity index (χ1n) is 5.28. The zero-order chi connectivity index (χ0) is 12.4. The summed E-state index contributed by atoms with van der Waals surface area (Å²) in [6, 6.07) is 0. The summed E-state index contributed by atoms with van der Waals surface area (Å²) in [5.41, 5.74) is 5.57. The SMILES string of the molecule is Nc1n[nH]nc1C(=O)N1CCC(C(=O)O)CC1. The topological polar surface area (TPSA) is 125 Å². The fourth-order valence-corrected chi connectivity index (χ4v) is 1.88. The average Bonchev–Trinajstić information content (AvgIpc) is 2.74. The Morgan fingerprint density at radius 3 is 2.47 bits per heavy atom. The van der Waals surface area contributed by atoms with Crippen LogP contribution < -0.4 is 5.73 Å². The van der Waals surface area contributed by atoms with E-state index in [0.717, 1.165) is 0 Å². The second kappa shape index (κ2) is 4.40. The molecule has 1 aromatic heterocycles. The number of carbonyl (C=O) groups is 2. The van der Waals surface area contributed by atoms with Gasteiger partial charge in [0.05, 0.1) is 5.92 Å². The van der Waals surface area contributed by atoms with Crippen molar-refractivity contribution in [2.75, 3.05) is 18.8 Å². The fourth-order valence-electron chi connectivity index (χ4n) is 1.88. The number of H-pyrrole nitrogens is 1. The number of amides is 1. The van der Waals surface area contributed by atoms with E-state index >= 15 is 0 Å². The molecule has 4 N–H and O–H groups in total. The Bertz CT molecular complexity index is 436. The number of aromatic amines is 1.